The highest BCUT2D eigenvalue weighted by Crippen LogP contribution is 2.23. The molecular formula is C22H29N3O6S. The third-order valence-corrected chi connectivity index (χ3v) is 6.70. The molecule has 0 bridgehead atoms. The van der Waals surface area contributed by atoms with Crippen LogP contribution in [0.4, 0.5) is 0 Å². The molecular weight excluding hydrogens is 434 g/mol. The molecule has 2 N–H and O–H groups in total. The Labute approximate surface area is 188 Å². The van der Waals surface area contributed by atoms with E-state index in [4.69, 9.17) is 9.47 Å². The Morgan fingerprint density at radius 3 is 2.19 bits per heavy atom. The molecule has 0 saturated heterocycles. The van der Waals surface area contributed by atoms with Gasteiger partial charge >= 0.3 is 0 Å². The predicted molar refractivity (Wildman–Crippen MR) is 120 cm³/mol. The molecule has 0 saturated carbocycles. The first-order chi connectivity index (χ1) is 15.0. The first-order valence-corrected chi connectivity index (χ1v) is 11.4. The van der Waals surface area contributed by atoms with Gasteiger partial charge in [-0.15, -0.1) is 0 Å². The van der Waals surface area contributed by atoms with Gasteiger partial charge in [0.25, 0.3) is 11.8 Å². The second-order valence-electron chi connectivity index (χ2n) is 7.31. The van der Waals surface area contributed by atoms with Gasteiger partial charge in [0.05, 0.1) is 11.5 Å². The van der Waals surface area contributed by atoms with Gasteiger partial charge in [0.1, 0.15) is 11.5 Å². The Kier molecular flexibility index (Phi) is 8.23. The van der Waals surface area contributed by atoms with Crippen LogP contribution >= 0.6 is 0 Å². The maximum Gasteiger partial charge on any atom is 0.279 e. The number of hydrogen-bond acceptors (Lipinski definition) is 6. The average molecular weight is 464 g/mol. The Bertz CT molecular complexity index is 1080. The van der Waals surface area contributed by atoms with Crippen LogP contribution in [-0.4, -0.2) is 51.3 Å². The van der Waals surface area contributed by atoms with Crippen LogP contribution in [0.25, 0.3) is 0 Å². The summed E-state index contributed by atoms with van der Waals surface area (Å²) >= 11 is 0. The lowest BCUT2D eigenvalue weighted by Crippen LogP contribution is -2.47. The molecule has 9 nitrogen and oxygen atoms in total. The minimum atomic E-state index is -3.74. The molecule has 10 heteroatoms. The first-order valence-electron chi connectivity index (χ1n) is 10.0. The Hall–Kier alpha value is -3.11. The molecule has 32 heavy (non-hydrogen) atoms. The molecule has 0 spiro atoms. The van der Waals surface area contributed by atoms with Crippen LogP contribution in [0.1, 0.15) is 35.3 Å². The Morgan fingerprint density at radius 2 is 1.62 bits per heavy atom. The standard InChI is InChI=1S/C22H29N3O6S/c1-7-30-18-8-10-19(11-9-18)31-16(4)21(26)23-24-22(27)17-12-14(2)15(3)20(13-17)32(28,29)25(5)6/h8-13,16H,7H2,1-6H3,(H,23,26)(H,24,27). The van der Waals surface area contributed by atoms with Crippen molar-refractivity contribution in [2.24, 2.45) is 0 Å². The van der Waals surface area contributed by atoms with Gasteiger partial charge in [-0.3, -0.25) is 20.4 Å². The second-order valence-corrected chi connectivity index (χ2v) is 9.43. The maximum atomic E-state index is 12.6. The molecule has 1 unspecified atom stereocenters. The zero-order valence-electron chi connectivity index (χ0n) is 19.1. The van der Waals surface area contributed by atoms with Gasteiger partial charge in [0.15, 0.2) is 6.10 Å². The summed E-state index contributed by atoms with van der Waals surface area (Å²) < 4.78 is 37.1. The van der Waals surface area contributed by atoms with Crippen molar-refractivity contribution < 1.29 is 27.5 Å². The minimum Gasteiger partial charge on any atom is -0.494 e. The van der Waals surface area contributed by atoms with Crippen molar-refractivity contribution in [1.29, 1.82) is 0 Å². The highest BCUT2D eigenvalue weighted by atomic mass is 32.2. The van der Waals surface area contributed by atoms with E-state index in [1.165, 1.54) is 27.1 Å². The number of hydrogen-bond donors (Lipinski definition) is 2. The summed E-state index contributed by atoms with van der Waals surface area (Å²) in [5.41, 5.74) is 5.89. The topological polar surface area (TPSA) is 114 Å². The van der Waals surface area contributed by atoms with Crippen molar-refractivity contribution in [3.8, 4) is 11.5 Å². The van der Waals surface area contributed by atoms with Gasteiger partial charge in [-0.1, -0.05) is 0 Å². The lowest BCUT2D eigenvalue weighted by atomic mass is 10.1. The maximum absolute atomic E-state index is 12.6. The van der Waals surface area contributed by atoms with Crippen LogP contribution in [0.15, 0.2) is 41.3 Å². The number of carbonyl (C=O) groups excluding carboxylic acids is 2. The minimum absolute atomic E-state index is 0.0335. The molecule has 0 aliphatic rings. The van der Waals surface area contributed by atoms with E-state index >= 15 is 0 Å². The van der Waals surface area contributed by atoms with E-state index < -0.39 is 27.9 Å². The number of sulfonamides is 1. The molecule has 2 rings (SSSR count). The Balaban J connectivity index is 2.05. The van der Waals surface area contributed by atoms with Gasteiger partial charge in [-0.2, -0.15) is 0 Å². The quantitative estimate of drug-likeness (QED) is 0.580. The van der Waals surface area contributed by atoms with Gasteiger partial charge in [0.2, 0.25) is 10.0 Å². The van der Waals surface area contributed by atoms with E-state index in [2.05, 4.69) is 10.9 Å². The van der Waals surface area contributed by atoms with E-state index in [-0.39, 0.29) is 10.5 Å². The van der Waals surface area contributed by atoms with Crippen LogP contribution < -0.4 is 20.3 Å². The van der Waals surface area contributed by atoms with E-state index in [9.17, 15) is 18.0 Å². The van der Waals surface area contributed by atoms with Crippen LogP contribution in [-0.2, 0) is 14.8 Å². The molecule has 0 aliphatic heterocycles. The normalized spacial score (nSPS) is 12.2. The van der Waals surface area contributed by atoms with Crippen molar-refractivity contribution in [2.45, 2.75) is 38.7 Å². The van der Waals surface area contributed by atoms with Crippen LogP contribution in [0.2, 0.25) is 0 Å². The largest absolute Gasteiger partial charge is 0.494 e. The molecule has 0 aliphatic carbocycles. The van der Waals surface area contributed by atoms with Crippen LogP contribution in [0.5, 0.6) is 11.5 Å². The molecule has 0 heterocycles. The van der Waals surface area contributed by atoms with E-state index in [0.717, 1.165) is 4.31 Å². The van der Waals surface area contributed by atoms with Gasteiger partial charge in [-0.25, -0.2) is 12.7 Å². The van der Waals surface area contributed by atoms with E-state index in [1.54, 1.807) is 44.2 Å². The summed E-state index contributed by atoms with van der Waals surface area (Å²) in [6.45, 7) is 7.35. The van der Waals surface area contributed by atoms with Gasteiger partial charge < -0.3 is 9.47 Å². The SMILES string of the molecule is CCOc1ccc(OC(C)C(=O)NNC(=O)c2cc(C)c(C)c(S(=O)(=O)N(C)C)c2)cc1. The number of nitrogens with one attached hydrogen (secondary N) is 2. The highest BCUT2D eigenvalue weighted by Gasteiger charge is 2.23. The molecule has 0 radical (unpaired) electrons. The third kappa shape index (κ3) is 5.98. The molecule has 0 fully saturated rings. The van der Waals surface area contributed by atoms with Gasteiger partial charge in [0, 0.05) is 19.7 Å². The molecule has 2 amide bonds. The van der Waals surface area contributed by atoms with E-state index in [0.29, 0.717) is 29.2 Å². The summed E-state index contributed by atoms with van der Waals surface area (Å²) in [6, 6.07) is 9.66. The third-order valence-electron chi connectivity index (χ3n) is 4.76. The van der Waals surface area contributed by atoms with E-state index in [1.807, 2.05) is 6.92 Å². The number of carbonyl (C=O) groups is 2. The number of ether oxygens (including phenoxy) is 2. The number of nitrogens with zero attached hydrogens (tertiary/aromatic N) is 1. The lowest BCUT2D eigenvalue weighted by molar-refractivity contribution is -0.128. The zero-order valence-corrected chi connectivity index (χ0v) is 19.9. The highest BCUT2D eigenvalue weighted by molar-refractivity contribution is 7.89. The molecule has 1 atom stereocenters. The average Bonchev–Trinajstić information content (AvgIpc) is 2.74. The fourth-order valence-electron chi connectivity index (χ4n) is 2.75. The smallest absolute Gasteiger partial charge is 0.279 e. The number of rotatable bonds is 8. The molecule has 2 aromatic rings. The molecule has 174 valence electrons. The fraction of sp³-hybridized carbons (Fsp3) is 0.364. The van der Waals surface area contributed by atoms with Crippen molar-refractivity contribution in [3.63, 3.8) is 0 Å². The summed E-state index contributed by atoms with van der Waals surface area (Å²) in [6.07, 6.45) is -0.891. The fourth-order valence-corrected chi connectivity index (χ4v) is 3.97. The first kappa shape index (κ1) is 25.2. The molecule has 2 aromatic carbocycles. The van der Waals surface area contributed by atoms with Crippen molar-refractivity contribution in [2.75, 3.05) is 20.7 Å². The zero-order chi connectivity index (χ0) is 24.1. The van der Waals surface area contributed by atoms with Crippen LogP contribution in [0.3, 0.4) is 0 Å². The number of amides is 2. The second kappa shape index (κ2) is 10.5. The summed E-state index contributed by atoms with van der Waals surface area (Å²) in [5.74, 6) is -0.0643. The predicted octanol–water partition coefficient (Wildman–Crippen LogP) is 2.18. The van der Waals surface area contributed by atoms with Crippen molar-refractivity contribution in [1.82, 2.24) is 15.2 Å². The summed E-state index contributed by atoms with van der Waals surface area (Å²) in [4.78, 5) is 24.9. The summed E-state index contributed by atoms with van der Waals surface area (Å²) in [5, 5.41) is 0. The molecule has 0 aromatic heterocycles. The van der Waals surface area contributed by atoms with Crippen molar-refractivity contribution in [3.05, 3.63) is 53.1 Å². The number of aryl methyl sites for hydroxylation is 1. The lowest BCUT2D eigenvalue weighted by Gasteiger charge is -2.17. The van der Waals surface area contributed by atoms with Gasteiger partial charge in [-0.05, 0) is 75.2 Å². The summed E-state index contributed by atoms with van der Waals surface area (Å²) in [7, 11) is -0.896. The monoisotopic (exact) mass is 463 g/mol. The number of benzene rings is 2. The van der Waals surface area contributed by atoms with Crippen molar-refractivity contribution >= 4 is 21.8 Å². The Morgan fingerprint density at radius 1 is 1.03 bits per heavy atom. The number of hydrazine groups is 1. The van der Waals surface area contributed by atoms with Crippen LogP contribution in [0, 0.1) is 13.8 Å².